The van der Waals surface area contributed by atoms with E-state index in [4.69, 9.17) is 4.74 Å². The number of carbonyl (C=O) groups is 1. The van der Waals surface area contributed by atoms with E-state index in [0.717, 1.165) is 38.4 Å². The lowest BCUT2D eigenvalue weighted by Crippen LogP contribution is -2.43. The summed E-state index contributed by atoms with van der Waals surface area (Å²) in [7, 11) is 0. The molecule has 0 aliphatic carbocycles. The van der Waals surface area contributed by atoms with Crippen LogP contribution in [0.15, 0.2) is 6.07 Å². The van der Waals surface area contributed by atoms with E-state index in [2.05, 4.69) is 21.2 Å². The number of aryl methyl sites for hydroxylation is 1. The van der Waals surface area contributed by atoms with Crippen molar-refractivity contribution in [2.24, 2.45) is 0 Å². The molecule has 122 valence electrons. The summed E-state index contributed by atoms with van der Waals surface area (Å²) in [6.07, 6.45) is 2.99. The van der Waals surface area contributed by atoms with E-state index in [9.17, 15) is 4.79 Å². The summed E-state index contributed by atoms with van der Waals surface area (Å²) in [6, 6.07) is 2.15. The van der Waals surface area contributed by atoms with Crippen molar-refractivity contribution in [3.63, 3.8) is 0 Å². The van der Waals surface area contributed by atoms with Crippen LogP contribution in [0.3, 0.4) is 0 Å². The summed E-state index contributed by atoms with van der Waals surface area (Å²) < 4.78 is 5.30. The Labute approximate surface area is 131 Å². The molecule has 3 heterocycles. The Hall–Kier alpha value is -1.40. The monoisotopic (exact) mass is 306 g/mol. The number of hydrogen-bond donors (Lipinski definition) is 1. The SMILES string of the molecule is Cc1cc([C@H]2CCCN(CCC(=O)N3CCOCC3)C2)n[nH]1. The van der Waals surface area contributed by atoms with Gasteiger partial charge in [0.15, 0.2) is 0 Å². The third-order valence-corrected chi connectivity index (χ3v) is 4.66. The van der Waals surface area contributed by atoms with Crippen molar-refractivity contribution >= 4 is 5.91 Å². The van der Waals surface area contributed by atoms with Crippen molar-refractivity contribution in [1.29, 1.82) is 0 Å². The van der Waals surface area contributed by atoms with Gasteiger partial charge >= 0.3 is 0 Å². The largest absolute Gasteiger partial charge is 0.378 e. The smallest absolute Gasteiger partial charge is 0.224 e. The molecule has 0 spiro atoms. The summed E-state index contributed by atoms with van der Waals surface area (Å²) in [5.41, 5.74) is 2.29. The molecule has 0 aromatic carbocycles. The van der Waals surface area contributed by atoms with Gasteiger partial charge in [0.05, 0.1) is 18.9 Å². The molecule has 1 amide bonds. The fourth-order valence-electron chi connectivity index (χ4n) is 3.37. The molecule has 3 rings (SSSR count). The molecule has 0 radical (unpaired) electrons. The fraction of sp³-hybridized carbons (Fsp3) is 0.750. The molecule has 22 heavy (non-hydrogen) atoms. The Balaban J connectivity index is 1.47. The molecule has 0 saturated carbocycles. The molecule has 1 aromatic heterocycles. The number of aromatic amines is 1. The predicted octanol–water partition coefficient (Wildman–Crippen LogP) is 1.15. The number of ether oxygens (including phenoxy) is 1. The van der Waals surface area contributed by atoms with E-state index < -0.39 is 0 Å². The molecule has 2 aliphatic heterocycles. The second kappa shape index (κ2) is 7.24. The predicted molar refractivity (Wildman–Crippen MR) is 83.8 cm³/mol. The highest BCUT2D eigenvalue weighted by Gasteiger charge is 2.24. The van der Waals surface area contributed by atoms with Crippen molar-refractivity contribution in [2.75, 3.05) is 45.9 Å². The van der Waals surface area contributed by atoms with Crippen LogP contribution in [0, 0.1) is 6.92 Å². The molecule has 6 heteroatoms. The molecule has 2 saturated heterocycles. The van der Waals surface area contributed by atoms with Crippen molar-refractivity contribution in [3.8, 4) is 0 Å². The van der Waals surface area contributed by atoms with Gasteiger partial charge in [-0.15, -0.1) is 0 Å². The van der Waals surface area contributed by atoms with Gasteiger partial charge in [-0.1, -0.05) is 0 Å². The summed E-state index contributed by atoms with van der Waals surface area (Å²) in [4.78, 5) is 16.6. The standard InChI is InChI=1S/C16H26N4O2/c1-13-11-15(18-17-13)14-3-2-5-19(12-14)6-4-16(21)20-7-9-22-10-8-20/h11,14H,2-10,12H2,1H3,(H,17,18)/t14-/m0/s1. The zero-order chi connectivity index (χ0) is 15.4. The highest BCUT2D eigenvalue weighted by molar-refractivity contribution is 5.76. The van der Waals surface area contributed by atoms with E-state index in [1.54, 1.807) is 0 Å². The maximum atomic E-state index is 12.2. The van der Waals surface area contributed by atoms with Crippen LogP contribution < -0.4 is 0 Å². The number of likely N-dealkylation sites (tertiary alicyclic amines) is 1. The van der Waals surface area contributed by atoms with Gasteiger partial charge in [0, 0.05) is 44.2 Å². The first-order valence-electron chi connectivity index (χ1n) is 8.32. The van der Waals surface area contributed by atoms with Gasteiger partial charge in [0.2, 0.25) is 5.91 Å². The molecular formula is C16H26N4O2. The Morgan fingerprint density at radius 2 is 2.23 bits per heavy atom. The number of H-pyrrole nitrogens is 1. The minimum atomic E-state index is 0.265. The zero-order valence-corrected chi connectivity index (χ0v) is 13.4. The molecular weight excluding hydrogens is 280 g/mol. The summed E-state index contributed by atoms with van der Waals surface area (Å²) in [5.74, 6) is 0.762. The molecule has 0 unspecified atom stereocenters. The van der Waals surface area contributed by atoms with E-state index in [-0.39, 0.29) is 5.91 Å². The Bertz CT molecular complexity index is 496. The van der Waals surface area contributed by atoms with Crippen LogP contribution in [0.1, 0.15) is 36.6 Å². The van der Waals surface area contributed by atoms with Gasteiger partial charge in [-0.3, -0.25) is 9.89 Å². The van der Waals surface area contributed by atoms with Gasteiger partial charge < -0.3 is 14.5 Å². The van der Waals surface area contributed by atoms with Crippen LogP contribution in [0.2, 0.25) is 0 Å². The van der Waals surface area contributed by atoms with Crippen LogP contribution >= 0.6 is 0 Å². The average molecular weight is 306 g/mol. The van der Waals surface area contributed by atoms with Crippen molar-refractivity contribution in [1.82, 2.24) is 20.0 Å². The number of piperidine rings is 1. The summed E-state index contributed by atoms with van der Waals surface area (Å²) >= 11 is 0. The lowest BCUT2D eigenvalue weighted by atomic mass is 9.94. The van der Waals surface area contributed by atoms with Crippen LogP contribution in [0.4, 0.5) is 0 Å². The third kappa shape index (κ3) is 3.87. The Morgan fingerprint density at radius 1 is 1.41 bits per heavy atom. The number of aromatic nitrogens is 2. The lowest BCUT2D eigenvalue weighted by Gasteiger charge is -2.33. The van der Waals surface area contributed by atoms with Crippen LogP contribution in [0.25, 0.3) is 0 Å². The number of hydrogen-bond acceptors (Lipinski definition) is 4. The quantitative estimate of drug-likeness (QED) is 0.906. The number of carbonyl (C=O) groups excluding carboxylic acids is 1. The Kier molecular flexibility index (Phi) is 5.10. The van der Waals surface area contributed by atoms with Crippen LogP contribution in [0.5, 0.6) is 0 Å². The zero-order valence-electron chi connectivity index (χ0n) is 13.4. The Morgan fingerprint density at radius 3 is 2.95 bits per heavy atom. The number of nitrogens with zero attached hydrogens (tertiary/aromatic N) is 3. The first-order chi connectivity index (χ1) is 10.7. The highest BCUT2D eigenvalue weighted by atomic mass is 16.5. The first-order valence-corrected chi connectivity index (χ1v) is 8.32. The van der Waals surface area contributed by atoms with Crippen molar-refractivity contribution < 1.29 is 9.53 Å². The van der Waals surface area contributed by atoms with Gasteiger partial charge in [0.25, 0.3) is 0 Å². The fourth-order valence-corrected chi connectivity index (χ4v) is 3.37. The van der Waals surface area contributed by atoms with Gasteiger partial charge in [0.1, 0.15) is 0 Å². The summed E-state index contributed by atoms with van der Waals surface area (Å²) in [6.45, 7) is 7.85. The second-order valence-corrected chi connectivity index (χ2v) is 6.36. The molecule has 0 bridgehead atoms. The van der Waals surface area contributed by atoms with E-state index in [1.807, 2.05) is 11.8 Å². The van der Waals surface area contributed by atoms with Gasteiger partial charge in [-0.2, -0.15) is 5.10 Å². The number of nitrogens with one attached hydrogen (secondary N) is 1. The number of rotatable bonds is 4. The average Bonchev–Trinajstić information content (AvgIpc) is 3.00. The highest BCUT2D eigenvalue weighted by Crippen LogP contribution is 2.25. The van der Waals surface area contributed by atoms with Gasteiger partial charge in [-0.05, 0) is 32.4 Å². The van der Waals surface area contributed by atoms with Crippen molar-refractivity contribution in [3.05, 3.63) is 17.5 Å². The minimum Gasteiger partial charge on any atom is -0.378 e. The molecule has 1 aromatic rings. The van der Waals surface area contributed by atoms with E-state index in [0.29, 0.717) is 25.6 Å². The maximum Gasteiger partial charge on any atom is 0.224 e. The third-order valence-electron chi connectivity index (χ3n) is 4.66. The second-order valence-electron chi connectivity index (χ2n) is 6.36. The van der Waals surface area contributed by atoms with Crippen molar-refractivity contribution in [2.45, 2.75) is 32.1 Å². The number of morpholine rings is 1. The molecule has 1 atom stereocenters. The van der Waals surface area contributed by atoms with Crippen LogP contribution in [-0.2, 0) is 9.53 Å². The normalized spacial score (nSPS) is 23.7. The first kappa shape index (κ1) is 15.5. The van der Waals surface area contributed by atoms with Crippen LogP contribution in [-0.4, -0.2) is 71.8 Å². The summed E-state index contributed by atoms with van der Waals surface area (Å²) in [5, 5.41) is 7.43. The molecule has 6 nitrogen and oxygen atoms in total. The molecule has 2 fully saturated rings. The minimum absolute atomic E-state index is 0.265. The topological polar surface area (TPSA) is 61.5 Å². The lowest BCUT2D eigenvalue weighted by molar-refractivity contribution is -0.135. The molecule has 2 aliphatic rings. The number of amides is 1. The maximum absolute atomic E-state index is 12.2. The van der Waals surface area contributed by atoms with Gasteiger partial charge in [-0.25, -0.2) is 0 Å². The van der Waals surface area contributed by atoms with E-state index >= 15 is 0 Å². The van der Waals surface area contributed by atoms with E-state index in [1.165, 1.54) is 18.5 Å². The molecule has 1 N–H and O–H groups in total.